The predicted molar refractivity (Wildman–Crippen MR) is 124 cm³/mol. The van der Waals surface area contributed by atoms with E-state index in [0.717, 1.165) is 5.75 Å². The van der Waals surface area contributed by atoms with E-state index in [4.69, 9.17) is 13.9 Å². The van der Waals surface area contributed by atoms with E-state index in [1.165, 1.54) is 12.5 Å². The highest BCUT2D eigenvalue weighted by Gasteiger charge is 2.12. The minimum absolute atomic E-state index is 0.0999. The summed E-state index contributed by atoms with van der Waals surface area (Å²) in [6, 6.07) is 17.1. The summed E-state index contributed by atoms with van der Waals surface area (Å²) in [4.78, 5) is 35.5. The average molecular weight is 464 g/mol. The Morgan fingerprint density at radius 3 is 2.32 bits per heavy atom. The fourth-order valence-corrected chi connectivity index (χ4v) is 2.67. The summed E-state index contributed by atoms with van der Waals surface area (Å²) in [6.07, 6.45) is 2.85. The van der Waals surface area contributed by atoms with Gasteiger partial charge in [0.15, 0.2) is 6.61 Å². The minimum Gasteiger partial charge on any atom is -0.494 e. The normalized spacial score (nSPS) is 10.5. The fraction of sp³-hybridized carbons (Fsp3) is 0.167. The van der Waals surface area contributed by atoms with E-state index in [1.807, 2.05) is 6.92 Å². The summed E-state index contributed by atoms with van der Waals surface area (Å²) in [6.45, 7) is 2.41. The van der Waals surface area contributed by atoms with Crippen molar-refractivity contribution in [2.24, 2.45) is 5.10 Å². The Kier molecular flexibility index (Phi) is 8.80. The molecule has 3 amide bonds. The Balaban J connectivity index is 1.38. The number of nitrogens with zero attached hydrogens (tertiary/aromatic N) is 1. The SMILES string of the molecule is CCOc1ccc(NC(=O)COc2ccc(/C=N\NC(=O)C(=O)NCc3ccco3)cc2)cc1. The largest absolute Gasteiger partial charge is 0.494 e. The first-order chi connectivity index (χ1) is 16.5. The number of nitrogens with one attached hydrogen (secondary N) is 3. The third-order valence-corrected chi connectivity index (χ3v) is 4.29. The highest BCUT2D eigenvalue weighted by Crippen LogP contribution is 2.16. The number of hydrogen-bond donors (Lipinski definition) is 3. The molecule has 0 aliphatic heterocycles. The molecule has 1 aromatic heterocycles. The van der Waals surface area contributed by atoms with Crippen LogP contribution in [0.1, 0.15) is 18.2 Å². The van der Waals surface area contributed by atoms with Crippen molar-refractivity contribution in [3.05, 3.63) is 78.3 Å². The van der Waals surface area contributed by atoms with E-state index in [2.05, 4.69) is 21.2 Å². The van der Waals surface area contributed by atoms with Crippen molar-refractivity contribution in [1.29, 1.82) is 0 Å². The number of ether oxygens (including phenoxy) is 2. The van der Waals surface area contributed by atoms with E-state index >= 15 is 0 Å². The van der Waals surface area contributed by atoms with Gasteiger partial charge in [0.25, 0.3) is 5.91 Å². The lowest BCUT2D eigenvalue weighted by atomic mass is 10.2. The Bertz CT molecular complexity index is 1110. The van der Waals surface area contributed by atoms with Gasteiger partial charge in [0.2, 0.25) is 0 Å². The van der Waals surface area contributed by atoms with Crippen molar-refractivity contribution in [2.45, 2.75) is 13.5 Å². The van der Waals surface area contributed by atoms with Crippen molar-refractivity contribution in [2.75, 3.05) is 18.5 Å². The molecule has 10 nitrogen and oxygen atoms in total. The summed E-state index contributed by atoms with van der Waals surface area (Å²) in [5.74, 6) is -0.292. The molecule has 0 atom stereocenters. The molecule has 176 valence electrons. The third kappa shape index (κ3) is 7.83. The number of hydrazone groups is 1. The van der Waals surface area contributed by atoms with Crippen LogP contribution < -0.4 is 25.5 Å². The maximum atomic E-state index is 12.1. The van der Waals surface area contributed by atoms with E-state index in [9.17, 15) is 14.4 Å². The summed E-state index contributed by atoms with van der Waals surface area (Å²) in [5.41, 5.74) is 3.44. The quantitative estimate of drug-likeness (QED) is 0.240. The Morgan fingerprint density at radius 1 is 0.941 bits per heavy atom. The molecule has 0 saturated carbocycles. The van der Waals surface area contributed by atoms with Gasteiger partial charge in [-0.25, -0.2) is 5.43 Å². The van der Waals surface area contributed by atoms with Crippen LogP contribution in [0.2, 0.25) is 0 Å². The molecule has 0 saturated heterocycles. The minimum atomic E-state index is -0.902. The van der Waals surface area contributed by atoms with Crippen LogP contribution in [-0.4, -0.2) is 37.1 Å². The van der Waals surface area contributed by atoms with Crippen molar-refractivity contribution in [1.82, 2.24) is 10.7 Å². The van der Waals surface area contributed by atoms with Crippen LogP contribution in [0, 0.1) is 0 Å². The van der Waals surface area contributed by atoms with Gasteiger partial charge in [0.05, 0.1) is 25.6 Å². The molecule has 2 aromatic carbocycles. The van der Waals surface area contributed by atoms with Crippen LogP contribution in [0.4, 0.5) is 5.69 Å². The highest BCUT2D eigenvalue weighted by atomic mass is 16.5. The van der Waals surface area contributed by atoms with E-state index in [1.54, 1.807) is 60.7 Å². The molecule has 0 aliphatic rings. The van der Waals surface area contributed by atoms with Crippen LogP contribution in [0.25, 0.3) is 0 Å². The summed E-state index contributed by atoms with van der Waals surface area (Å²) in [5, 5.41) is 8.91. The van der Waals surface area contributed by atoms with Gasteiger partial charge in [-0.2, -0.15) is 5.10 Å². The number of benzene rings is 2. The smallest absolute Gasteiger partial charge is 0.329 e. The number of anilines is 1. The number of carbonyl (C=O) groups is 3. The molecule has 0 fully saturated rings. The molecule has 3 rings (SSSR count). The van der Waals surface area contributed by atoms with Gasteiger partial charge in [0, 0.05) is 5.69 Å². The van der Waals surface area contributed by atoms with Crippen molar-refractivity contribution < 1.29 is 28.3 Å². The second kappa shape index (κ2) is 12.4. The standard InChI is InChI=1S/C24H24N4O6/c1-2-32-19-11-7-18(8-12-19)27-22(29)16-34-20-9-5-17(6-10-20)14-26-28-24(31)23(30)25-15-21-4-3-13-33-21/h3-14H,2,15-16H2,1H3,(H,25,30)(H,27,29)(H,28,31)/b26-14-. The molecule has 3 N–H and O–H groups in total. The fourth-order valence-electron chi connectivity index (χ4n) is 2.67. The van der Waals surface area contributed by atoms with Crippen LogP contribution in [0.3, 0.4) is 0 Å². The molecular weight excluding hydrogens is 440 g/mol. The topological polar surface area (TPSA) is 131 Å². The molecule has 0 bridgehead atoms. The van der Waals surface area contributed by atoms with Crippen molar-refractivity contribution in [3.63, 3.8) is 0 Å². The third-order valence-electron chi connectivity index (χ3n) is 4.29. The van der Waals surface area contributed by atoms with Gasteiger partial charge >= 0.3 is 11.8 Å². The molecule has 0 aliphatic carbocycles. The van der Waals surface area contributed by atoms with E-state index in [-0.39, 0.29) is 19.1 Å². The van der Waals surface area contributed by atoms with Crippen LogP contribution in [0.5, 0.6) is 11.5 Å². The second-order valence-corrected chi connectivity index (χ2v) is 6.82. The van der Waals surface area contributed by atoms with Gasteiger partial charge in [-0.1, -0.05) is 0 Å². The Hall–Kier alpha value is -4.60. The molecule has 0 spiro atoms. The first-order valence-corrected chi connectivity index (χ1v) is 10.4. The maximum Gasteiger partial charge on any atom is 0.329 e. The zero-order valence-corrected chi connectivity index (χ0v) is 18.4. The number of amides is 3. The van der Waals surface area contributed by atoms with Gasteiger partial charge in [-0.05, 0) is 73.2 Å². The second-order valence-electron chi connectivity index (χ2n) is 6.82. The molecule has 0 unspecified atom stereocenters. The van der Waals surface area contributed by atoms with E-state index < -0.39 is 11.8 Å². The lowest BCUT2D eigenvalue weighted by Crippen LogP contribution is -2.37. The van der Waals surface area contributed by atoms with Crippen molar-refractivity contribution in [3.8, 4) is 11.5 Å². The number of furan rings is 1. The molecule has 3 aromatic rings. The van der Waals surface area contributed by atoms with Gasteiger partial charge < -0.3 is 24.5 Å². The van der Waals surface area contributed by atoms with Gasteiger partial charge in [0.1, 0.15) is 17.3 Å². The number of hydrogen-bond acceptors (Lipinski definition) is 7. The first-order valence-electron chi connectivity index (χ1n) is 10.4. The maximum absolute atomic E-state index is 12.1. The average Bonchev–Trinajstić information content (AvgIpc) is 3.37. The summed E-state index contributed by atoms with van der Waals surface area (Å²) in [7, 11) is 0. The predicted octanol–water partition coefficient (Wildman–Crippen LogP) is 2.46. The van der Waals surface area contributed by atoms with Crippen LogP contribution in [0.15, 0.2) is 76.4 Å². The number of carbonyl (C=O) groups excluding carboxylic acids is 3. The van der Waals surface area contributed by atoms with E-state index in [0.29, 0.717) is 29.4 Å². The number of rotatable bonds is 10. The molecule has 34 heavy (non-hydrogen) atoms. The monoisotopic (exact) mass is 464 g/mol. The van der Waals surface area contributed by atoms with Crippen LogP contribution >= 0.6 is 0 Å². The lowest BCUT2D eigenvalue weighted by molar-refractivity contribution is -0.139. The summed E-state index contributed by atoms with van der Waals surface area (Å²) >= 11 is 0. The van der Waals surface area contributed by atoms with Gasteiger partial charge in [-0.3, -0.25) is 14.4 Å². The first kappa shape index (κ1) is 24.1. The highest BCUT2D eigenvalue weighted by molar-refractivity contribution is 6.35. The summed E-state index contributed by atoms with van der Waals surface area (Å²) < 4.78 is 15.9. The zero-order chi connectivity index (χ0) is 24.2. The molecule has 10 heteroatoms. The molecular formula is C24H24N4O6. The van der Waals surface area contributed by atoms with Crippen molar-refractivity contribution >= 4 is 29.6 Å². The Morgan fingerprint density at radius 2 is 1.65 bits per heavy atom. The van der Waals surface area contributed by atoms with Gasteiger partial charge in [-0.15, -0.1) is 0 Å². The van der Waals surface area contributed by atoms with Crippen LogP contribution in [-0.2, 0) is 20.9 Å². The molecule has 0 radical (unpaired) electrons. The lowest BCUT2D eigenvalue weighted by Gasteiger charge is -2.08. The Labute approximate surface area is 195 Å². The molecule has 1 heterocycles. The zero-order valence-electron chi connectivity index (χ0n) is 18.4.